The summed E-state index contributed by atoms with van der Waals surface area (Å²) in [5.74, 6) is 0.124. The molecule has 0 spiro atoms. The molecule has 0 unspecified atom stereocenters. The second-order valence-electron chi connectivity index (χ2n) is 6.29. The van der Waals surface area contributed by atoms with Crippen LogP contribution in [0.3, 0.4) is 0 Å². The molecule has 156 valence electrons. The summed E-state index contributed by atoms with van der Waals surface area (Å²) in [5, 5.41) is 0.612. The normalized spacial score (nSPS) is 10.8. The standard InChI is InChI=1S/C21H24FN3O2S.ClH/c1-4-24(5-2)13-14-25(20(26)15-9-11-16(22)12-10-15)21-23-19-17(27-3)7-6-8-18(19)28-21;/h6-12H,4-5,13-14H2,1-3H3;1H. The molecule has 1 heterocycles. The molecule has 29 heavy (non-hydrogen) atoms. The van der Waals surface area contributed by atoms with Gasteiger partial charge in [0.2, 0.25) is 0 Å². The number of aromatic nitrogens is 1. The van der Waals surface area contributed by atoms with Gasteiger partial charge in [-0.1, -0.05) is 31.3 Å². The highest BCUT2D eigenvalue weighted by atomic mass is 35.5. The number of halogens is 2. The summed E-state index contributed by atoms with van der Waals surface area (Å²) in [6.07, 6.45) is 0. The first kappa shape index (κ1) is 23.1. The number of anilines is 1. The number of benzene rings is 2. The van der Waals surface area contributed by atoms with E-state index >= 15 is 0 Å². The summed E-state index contributed by atoms with van der Waals surface area (Å²) >= 11 is 1.45. The Morgan fingerprint density at radius 3 is 2.41 bits per heavy atom. The quantitative estimate of drug-likeness (QED) is 0.505. The molecule has 0 radical (unpaired) electrons. The smallest absolute Gasteiger partial charge is 0.260 e. The van der Waals surface area contributed by atoms with Gasteiger partial charge in [0.1, 0.15) is 17.1 Å². The van der Waals surface area contributed by atoms with E-state index in [4.69, 9.17) is 4.74 Å². The van der Waals surface area contributed by atoms with Gasteiger partial charge in [-0.25, -0.2) is 9.37 Å². The summed E-state index contributed by atoms with van der Waals surface area (Å²) in [6.45, 7) is 7.23. The molecule has 3 rings (SSSR count). The largest absolute Gasteiger partial charge is 0.494 e. The molecule has 0 aliphatic heterocycles. The second-order valence-corrected chi connectivity index (χ2v) is 7.30. The van der Waals surface area contributed by atoms with Crippen molar-refractivity contribution in [1.82, 2.24) is 9.88 Å². The highest BCUT2D eigenvalue weighted by Gasteiger charge is 2.22. The Labute approximate surface area is 180 Å². The van der Waals surface area contributed by atoms with Crippen LogP contribution in [0.5, 0.6) is 5.75 Å². The van der Waals surface area contributed by atoms with Gasteiger partial charge in [0.25, 0.3) is 5.91 Å². The third kappa shape index (κ3) is 5.23. The molecule has 0 aliphatic carbocycles. The van der Waals surface area contributed by atoms with Gasteiger partial charge in [0, 0.05) is 18.7 Å². The van der Waals surface area contributed by atoms with Gasteiger partial charge in [-0.05, 0) is 49.5 Å². The molecule has 1 aromatic heterocycles. The summed E-state index contributed by atoms with van der Waals surface area (Å²) in [4.78, 5) is 21.8. The van der Waals surface area contributed by atoms with Gasteiger partial charge >= 0.3 is 0 Å². The molecule has 0 N–H and O–H groups in total. The zero-order valence-corrected chi connectivity index (χ0v) is 18.4. The van der Waals surface area contributed by atoms with Crippen LogP contribution in [0.4, 0.5) is 9.52 Å². The molecular weight excluding hydrogens is 413 g/mol. The minimum atomic E-state index is -0.365. The predicted octanol–water partition coefficient (Wildman–Crippen LogP) is 4.85. The van der Waals surface area contributed by atoms with Crippen LogP contribution in [0.15, 0.2) is 42.5 Å². The monoisotopic (exact) mass is 437 g/mol. The number of para-hydroxylation sites is 1. The molecule has 0 aliphatic rings. The molecule has 2 aromatic carbocycles. The Morgan fingerprint density at radius 2 is 1.79 bits per heavy atom. The van der Waals surface area contributed by atoms with E-state index in [1.165, 1.54) is 35.6 Å². The van der Waals surface area contributed by atoms with E-state index < -0.39 is 0 Å². The number of hydrogen-bond acceptors (Lipinski definition) is 5. The predicted molar refractivity (Wildman–Crippen MR) is 119 cm³/mol. The SMILES string of the molecule is CCN(CC)CCN(C(=O)c1ccc(F)cc1)c1nc2c(OC)cccc2s1.Cl. The molecule has 0 fully saturated rings. The van der Waals surface area contributed by atoms with Crippen molar-refractivity contribution in [2.24, 2.45) is 0 Å². The summed E-state index contributed by atoms with van der Waals surface area (Å²) in [7, 11) is 1.61. The molecule has 1 amide bonds. The molecule has 3 aromatic rings. The van der Waals surface area contributed by atoms with E-state index in [2.05, 4.69) is 23.7 Å². The van der Waals surface area contributed by atoms with Gasteiger partial charge in [0.15, 0.2) is 5.13 Å². The van der Waals surface area contributed by atoms with Crippen LogP contribution in [-0.4, -0.2) is 49.1 Å². The minimum Gasteiger partial charge on any atom is -0.494 e. The number of hydrogen-bond donors (Lipinski definition) is 0. The summed E-state index contributed by atoms with van der Waals surface area (Å²) in [5.41, 5.74) is 1.18. The number of methoxy groups -OCH3 is 1. The lowest BCUT2D eigenvalue weighted by atomic mass is 10.2. The Bertz CT molecular complexity index is 945. The molecule has 8 heteroatoms. The number of amides is 1. The van der Waals surface area contributed by atoms with Gasteiger partial charge in [0.05, 0.1) is 11.8 Å². The third-order valence-electron chi connectivity index (χ3n) is 4.69. The molecule has 0 saturated heterocycles. The van der Waals surface area contributed by atoms with Crippen molar-refractivity contribution >= 4 is 45.0 Å². The third-order valence-corrected chi connectivity index (χ3v) is 5.74. The molecule has 0 bridgehead atoms. The Kier molecular flexibility index (Phi) is 8.37. The fourth-order valence-corrected chi connectivity index (χ4v) is 4.01. The van der Waals surface area contributed by atoms with Crippen LogP contribution >= 0.6 is 23.7 Å². The lowest BCUT2D eigenvalue weighted by Gasteiger charge is -2.24. The number of fused-ring (bicyclic) bond motifs is 1. The van der Waals surface area contributed by atoms with E-state index in [1.807, 2.05) is 18.2 Å². The second kappa shape index (κ2) is 10.5. The van der Waals surface area contributed by atoms with Crippen LogP contribution in [0, 0.1) is 5.82 Å². The zero-order chi connectivity index (χ0) is 20.1. The number of rotatable bonds is 8. The first-order valence-electron chi connectivity index (χ1n) is 9.30. The lowest BCUT2D eigenvalue weighted by molar-refractivity contribution is 0.0983. The van der Waals surface area contributed by atoms with Crippen molar-refractivity contribution in [2.75, 3.05) is 38.2 Å². The van der Waals surface area contributed by atoms with Gasteiger partial charge in [-0.2, -0.15) is 0 Å². The fraction of sp³-hybridized carbons (Fsp3) is 0.333. The highest BCUT2D eigenvalue weighted by molar-refractivity contribution is 7.22. The summed E-state index contributed by atoms with van der Waals surface area (Å²) < 4.78 is 19.6. The van der Waals surface area contributed by atoms with Crippen molar-refractivity contribution in [3.63, 3.8) is 0 Å². The van der Waals surface area contributed by atoms with Crippen LogP contribution in [0.1, 0.15) is 24.2 Å². The average Bonchev–Trinajstić information content (AvgIpc) is 3.15. The molecule has 5 nitrogen and oxygen atoms in total. The van der Waals surface area contributed by atoms with Crippen molar-refractivity contribution in [3.8, 4) is 5.75 Å². The molecular formula is C21H25ClFN3O2S. The van der Waals surface area contributed by atoms with E-state index in [0.29, 0.717) is 23.0 Å². The number of ether oxygens (including phenoxy) is 1. The van der Waals surface area contributed by atoms with Gasteiger partial charge in [-0.3, -0.25) is 9.69 Å². The zero-order valence-electron chi connectivity index (χ0n) is 16.7. The number of carbonyl (C=O) groups excluding carboxylic acids is 1. The first-order chi connectivity index (χ1) is 13.6. The maximum atomic E-state index is 13.3. The van der Waals surface area contributed by atoms with Crippen LogP contribution in [0.25, 0.3) is 10.2 Å². The van der Waals surface area contributed by atoms with Crippen molar-refractivity contribution in [3.05, 3.63) is 53.8 Å². The number of thiazole rings is 1. The Morgan fingerprint density at radius 1 is 1.10 bits per heavy atom. The summed E-state index contributed by atoms with van der Waals surface area (Å²) in [6, 6.07) is 11.4. The van der Waals surface area contributed by atoms with E-state index in [1.54, 1.807) is 12.0 Å². The van der Waals surface area contributed by atoms with Crippen molar-refractivity contribution in [1.29, 1.82) is 0 Å². The van der Waals surface area contributed by atoms with E-state index in [-0.39, 0.29) is 24.1 Å². The van der Waals surface area contributed by atoms with Crippen LogP contribution < -0.4 is 9.64 Å². The topological polar surface area (TPSA) is 45.7 Å². The van der Waals surface area contributed by atoms with Crippen molar-refractivity contribution in [2.45, 2.75) is 13.8 Å². The van der Waals surface area contributed by atoms with Crippen molar-refractivity contribution < 1.29 is 13.9 Å². The maximum Gasteiger partial charge on any atom is 0.260 e. The molecule has 0 atom stereocenters. The number of carbonyl (C=O) groups is 1. The van der Waals surface area contributed by atoms with E-state index in [9.17, 15) is 9.18 Å². The minimum absolute atomic E-state index is 0. The first-order valence-corrected chi connectivity index (χ1v) is 10.1. The highest BCUT2D eigenvalue weighted by Crippen LogP contribution is 2.34. The lowest BCUT2D eigenvalue weighted by Crippen LogP contribution is -2.38. The fourth-order valence-electron chi connectivity index (χ4n) is 3.01. The van der Waals surface area contributed by atoms with Crippen LogP contribution in [-0.2, 0) is 0 Å². The average molecular weight is 438 g/mol. The maximum absolute atomic E-state index is 13.3. The Balaban J connectivity index is 0.00000300. The number of nitrogens with zero attached hydrogens (tertiary/aromatic N) is 3. The van der Waals surface area contributed by atoms with Gasteiger partial charge in [-0.15, -0.1) is 12.4 Å². The van der Waals surface area contributed by atoms with E-state index in [0.717, 1.165) is 29.9 Å². The Hall–Kier alpha value is -2.22. The molecule has 0 saturated carbocycles. The van der Waals surface area contributed by atoms with Crippen LogP contribution in [0.2, 0.25) is 0 Å². The number of likely N-dealkylation sites (N-methyl/N-ethyl adjacent to an activating group) is 1. The van der Waals surface area contributed by atoms with Gasteiger partial charge < -0.3 is 9.64 Å².